The zero-order chi connectivity index (χ0) is 15.3. The Bertz CT molecular complexity index is 671. The maximum absolute atomic E-state index is 12.5. The maximum atomic E-state index is 12.5. The van der Waals surface area contributed by atoms with Gasteiger partial charge >= 0.3 is 0 Å². The molecule has 0 unspecified atom stereocenters. The quantitative estimate of drug-likeness (QED) is 0.797. The Morgan fingerprint density at radius 2 is 1.90 bits per heavy atom. The highest BCUT2D eigenvalue weighted by molar-refractivity contribution is 7.91. The molecule has 1 saturated heterocycles. The van der Waals surface area contributed by atoms with E-state index in [4.69, 9.17) is 5.11 Å². The van der Waals surface area contributed by atoms with Gasteiger partial charge in [0.25, 0.3) is 5.91 Å². The average molecular weight is 307 g/mol. The fourth-order valence-corrected chi connectivity index (χ4v) is 3.28. The van der Waals surface area contributed by atoms with Crippen molar-refractivity contribution in [3.63, 3.8) is 0 Å². The van der Waals surface area contributed by atoms with Crippen LogP contribution in [0, 0.1) is 11.8 Å². The third kappa shape index (κ3) is 4.06. The summed E-state index contributed by atoms with van der Waals surface area (Å²) in [5.41, 5.74) is 1.08. The van der Waals surface area contributed by atoms with E-state index in [1.807, 2.05) is 0 Å². The van der Waals surface area contributed by atoms with Crippen LogP contribution in [0.25, 0.3) is 0 Å². The molecule has 2 rings (SSSR count). The van der Waals surface area contributed by atoms with E-state index < -0.39 is 9.84 Å². The molecular formula is C15H17NO4S. The lowest BCUT2D eigenvalue weighted by molar-refractivity contribution is 0.0770. The minimum atomic E-state index is -3.01. The van der Waals surface area contributed by atoms with Crippen LogP contribution in [0.1, 0.15) is 22.3 Å². The zero-order valence-corrected chi connectivity index (χ0v) is 12.4. The molecule has 6 heteroatoms. The van der Waals surface area contributed by atoms with Crippen molar-refractivity contribution in [1.82, 2.24) is 4.90 Å². The summed E-state index contributed by atoms with van der Waals surface area (Å²) in [5.74, 6) is 5.50. The van der Waals surface area contributed by atoms with E-state index >= 15 is 0 Å². The first-order chi connectivity index (χ1) is 10.0. The number of carbonyl (C=O) groups is 1. The molecule has 0 saturated carbocycles. The Labute approximate surface area is 124 Å². The van der Waals surface area contributed by atoms with E-state index in [0.29, 0.717) is 17.5 Å². The fraction of sp³-hybridized carbons (Fsp3) is 0.400. The third-order valence-electron chi connectivity index (χ3n) is 3.25. The third-order valence-corrected chi connectivity index (χ3v) is 4.86. The molecule has 1 N–H and O–H groups in total. The summed E-state index contributed by atoms with van der Waals surface area (Å²) in [6.45, 7) is 0.423. The van der Waals surface area contributed by atoms with Crippen molar-refractivity contribution < 1.29 is 18.3 Å². The Morgan fingerprint density at radius 1 is 1.24 bits per heavy atom. The molecule has 0 radical (unpaired) electrons. The summed E-state index contributed by atoms with van der Waals surface area (Å²) < 4.78 is 22.8. The van der Waals surface area contributed by atoms with Gasteiger partial charge in [-0.1, -0.05) is 24.0 Å². The molecule has 1 aliphatic heterocycles. The molecule has 0 aliphatic carbocycles. The van der Waals surface area contributed by atoms with E-state index in [2.05, 4.69) is 11.8 Å². The molecule has 0 aromatic heterocycles. The minimum absolute atomic E-state index is 0.0110. The van der Waals surface area contributed by atoms with Crippen molar-refractivity contribution in [2.75, 3.05) is 31.2 Å². The van der Waals surface area contributed by atoms with Gasteiger partial charge in [0.2, 0.25) is 0 Å². The number of rotatable bonds is 2. The van der Waals surface area contributed by atoms with Gasteiger partial charge in [0.1, 0.15) is 0 Å². The number of hydrogen-bond acceptors (Lipinski definition) is 4. The molecule has 1 aromatic carbocycles. The maximum Gasteiger partial charge on any atom is 0.255 e. The molecule has 5 nitrogen and oxygen atoms in total. The van der Waals surface area contributed by atoms with Crippen LogP contribution in [-0.2, 0) is 9.84 Å². The van der Waals surface area contributed by atoms with Crippen molar-refractivity contribution in [3.05, 3.63) is 35.4 Å². The molecule has 112 valence electrons. The SMILES string of the molecule is O=C(c1ccccc1C#CCCO)N1CCS(=O)(=O)CC1. The van der Waals surface area contributed by atoms with E-state index in [9.17, 15) is 13.2 Å². The molecule has 1 amide bonds. The van der Waals surface area contributed by atoms with Crippen molar-refractivity contribution in [3.8, 4) is 11.8 Å². The van der Waals surface area contributed by atoms with Gasteiger partial charge in [-0.15, -0.1) is 0 Å². The number of benzene rings is 1. The van der Waals surface area contributed by atoms with Gasteiger partial charge in [0, 0.05) is 25.1 Å². The minimum Gasteiger partial charge on any atom is -0.395 e. The second-order valence-electron chi connectivity index (χ2n) is 4.76. The Balaban J connectivity index is 2.19. The highest BCUT2D eigenvalue weighted by atomic mass is 32.2. The number of amides is 1. The summed E-state index contributed by atoms with van der Waals surface area (Å²) in [6, 6.07) is 6.98. The van der Waals surface area contributed by atoms with Crippen molar-refractivity contribution in [2.24, 2.45) is 0 Å². The molecule has 21 heavy (non-hydrogen) atoms. The smallest absolute Gasteiger partial charge is 0.255 e. The molecule has 1 aliphatic rings. The van der Waals surface area contributed by atoms with Gasteiger partial charge < -0.3 is 10.0 Å². The predicted molar refractivity (Wildman–Crippen MR) is 79.6 cm³/mol. The monoisotopic (exact) mass is 307 g/mol. The second kappa shape index (κ2) is 6.74. The number of hydrogen-bond donors (Lipinski definition) is 1. The van der Waals surface area contributed by atoms with Crippen molar-refractivity contribution in [1.29, 1.82) is 0 Å². The molecule has 1 heterocycles. The molecule has 1 aromatic rings. The summed E-state index contributed by atoms with van der Waals surface area (Å²) in [4.78, 5) is 14.0. The molecule has 0 spiro atoms. The summed E-state index contributed by atoms with van der Waals surface area (Å²) in [5, 5.41) is 8.74. The second-order valence-corrected chi connectivity index (χ2v) is 7.07. The van der Waals surface area contributed by atoms with Gasteiger partial charge in [-0.2, -0.15) is 0 Å². The summed E-state index contributed by atoms with van der Waals surface area (Å²) in [6.07, 6.45) is 0.352. The van der Waals surface area contributed by atoms with E-state index in [1.54, 1.807) is 29.2 Å². The van der Waals surface area contributed by atoms with Crippen LogP contribution in [-0.4, -0.2) is 55.5 Å². The average Bonchev–Trinajstić information content (AvgIpc) is 2.47. The normalized spacial score (nSPS) is 16.9. The fourth-order valence-electron chi connectivity index (χ4n) is 2.08. The molecule has 1 fully saturated rings. The highest BCUT2D eigenvalue weighted by Crippen LogP contribution is 2.13. The van der Waals surface area contributed by atoms with Crippen LogP contribution in [0.3, 0.4) is 0 Å². The summed E-state index contributed by atoms with van der Waals surface area (Å²) in [7, 11) is -3.01. The zero-order valence-electron chi connectivity index (χ0n) is 11.6. The van der Waals surface area contributed by atoms with Gasteiger partial charge in [0.15, 0.2) is 9.84 Å². The highest BCUT2D eigenvalue weighted by Gasteiger charge is 2.26. The van der Waals surface area contributed by atoms with E-state index in [0.717, 1.165) is 0 Å². The predicted octanol–water partition coefficient (Wildman–Crippen LogP) is 0.291. The van der Waals surface area contributed by atoms with Gasteiger partial charge in [-0.3, -0.25) is 4.79 Å². The van der Waals surface area contributed by atoms with Gasteiger partial charge in [-0.25, -0.2) is 8.42 Å². The van der Waals surface area contributed by atoms with Crippen LogP contribution in [0.2, 0.25) is 0 Å². The Hall–Kier alpha value is -1.84. The van der Waals surface area contributed by atoms with E-state index in [-0.39, 0.29) is 37.1 Å². The molecular weight excluding hydrogens is 290 g/mol. The van der Waals surface area contributed by atoms with Crippen molar-refractivity contribution in [2.45, 2.75) is 6.42 Å². The number of aliphatic hydroxyl groups excluding tert-OH is 1. The summed E-state index contributed by atoms with van der Waals surface area (Å²) >= 11 is 0. The largest absolute Gasteiger partial charge is 0.395 e. The first-order valence-electron chi connectivity index (χ1n) is 6.72. The van der Waals surface area contributed by atoms with Gasteiger partial charge in [0.05, 0.1) is 23.7 Å². The lowest BCUT2D eigenvalue weighted by Crippen LogP contribution is -2.43. The molecule has 0 bridgehead atoms. The molecule has 0 atom stereocenters. The topological polar surface area (TPSA) is 74.7 Å². The first kappa shape index (κ1) is 15.5. The number of nitrogens with zero attached hydrogens (tertiary/aromatic N) is 1. The van der Waals surface area contributed by atoms with Crippen LogP contribution in [0.4, 0.5) is 0 Å². The Kier molecular flexibility index (Phi) is 4.99. The van der Waals surface area contributed by atoms with Crippen molar-refractivity contribution >= 4 is 15.7 Å². The Morgan fingerprint density at radius 3 is 2.57 bits per heavy atom. The number of sulfone groups is 1. The van der Waals surface area contributed by atoms with Crippen LogP contribution < -0.4 is 0 Å². The number of aliphatic hydroxyl groups is 1. The lowest BCUT2D eigenvalue weighted by atomic mass is 10.1. The van der Waals surface area contributed by atoms with Crippen LogP contribution in [0.15, 0.2) is 24.3 Å². The van der Waals surface area contributed by atoms with Crippen LogP contribution in [0.5, 0.6) is 0 Å². The van der Waals surface area contributed by atoms with Crippen LogP contribution >= 0.6 is 0 Å². The first-order valence-corrected chi connectivity index (χ1v) is 8.54. The number of carbonyl (C=O) groups excluding carboxylic acids is 1. The lowest BCUT2D eigenvalue weighted by Gasteiger charge is -2.27. The van der Waals surface area contributed by atoms with E-state index in [1.165, 1.54) is 0 Å². The van der Waals surface area contributed by atoms with Gasteiger partial charge in [-0.05, 0) is 12.1 Å². The standard InChI is InChI=1S/C15H17NO4S/c17-10-4-3-6-13-5-1-2-7-14(13)15(18)16-8-11-21(19,20)12-9-16/h1-2,5,7,17H,4,8-12H2.